The Bertz CT molecular complexity index is 591. The molecular formula is C15H22N6O. The van der Waals surface area contributed by atoms with Crippen molar-refractivity contribution in [3.05, 3.63) is 30.2 Å². The first-order valence-corrected chi connectivity index (χ1v) is 7.68. The van der Waals surface area contributed by atoms with Crippen LogP contribution in [0.25, 0.3) is 0 Å². The highest BCUT2D eigenvalue weighted by atomic mass is 16.5. The molecule has 0 aliphatic carbocycles. The van der Waals surface area contributed by atoms with Gasteiger partial charge in [-0.2, -0.15) is 0 Å². The summed E-state index contributed by atoms with van der Waals surface area (Å²) in [6.07, 6.45) is 7.24. The number of likely N-dealkylation sites (tertiary alicyclic amines) is 1. The van der Waals surface area contributed by atoms with E-state index in [4.69, 9.17) is 4.74 Å². The molecular weight excluding hydrogens is 280 g/mol. The second-order valence-corrected chi connectivity index (χ2v) is 5.80. The van der Waals surface area contributed by atoms with Gasteiger partial charge in [0.05, 0.1) is 19.3 Å². The molecule has 0 N–H and O–H groups in total. The van der Waals surface area contributed by atoms with E-state index in [-0.39, 0.29) is 0 Å². The zero-order valence-electron chi connectivity index (χ0n) is 13.1. The molecule has 7 nitrogen and oxygen atoms in total. The average molecular weight is 302 g/mol. The van der Waals surface area contributed by atoms with E-state index in [0.29, 0.717) is 11.8 Å². The summed E-state index contributed by atoms with van der Waals surface area (Å²) in [5.41, 5.74) is 0. The molecule has 118 valence electrons. The first-order valence-electron chi connectivity index (χ1n) is 7.68. The maximum Gasteiger partial charge on any atom is 0.232 e. The van der Waals surface area contributed by atoms with Crippen LogP contribution in [0.1, 0.15) is 24.5 Å². The summed E-state index contributed by atoms with van der Waals surface area (Å²) >= 11 is 0. The standard InChI is InChI=1S/C15H22N6O/c1-12-18-19-14(20(12)2)10-21-7-3-13(4-8-21)11-22-15-9-16-5-6-17-15/h5-6,9,13H,3-4,7-8,10-11H2,1-2H3. The van der Waals surface area contributed by atoms with Crippen molar-refractivity contribution in [1.29, 1.82) is 0 Å². The van der Waals surface area contributed by atoms with Crippen molar-refractivity contribution in [3.63, 3.8) is 0 Å². The summed E-state index contributed by atoms with van der Waals surface area (Å²) < 4.78 is 7.76. The number of ether oxygens (including phenoxy) is 1. The topological polar surface area (TPSA) is 69.0 Å². The highest BCUT2D eigenvalue weighted by Crippen LogP contribution is 2.19. The largest absolute Gasteiger partial charge is 0.476 e. The maximum absolute atomic E-state index is 5.70. The SMILES string of the molecule is Cc1nnc(CN2CCC(COc3cnccn3)CC2)n1C. The van der Waals surface area contributed by atoms with Crippen LogP contribution < -0.4 is 4.74 Å². The second-order valence-electron chi connectivity index (χ2n) is 5.80. The van der Waals surface area contributed by atoms with Crippen molar-refractivity contribution < 1.29 is 4.74 Å². The minimum Gasteiger partial charge on any atom is -0.476 e. The van der Waals surface area contributed by atoms with Gasteiger partial charge in [-0.1, -0.05) is 0 Å². The summed E-state index contributed by atoms with van der Waals surface area (Å²) in [5.74, 6) is 3.19. The molecule has 0 radical (unpaired) electrons. The van der Waals surface area contributed by atoms with Crippen molar-refractivity contribution in [3.8, 4) is 5.88 Å². The Morgan fingerprint density at radius 3 is 2.68 bits per heavy atom. The van der Waals surface area contributed by atoms with Crippen molar-refractivity contribution in [2.75, 3.05) is 19.7 Å². The van der Waals surface area contributed by atoms with Gasteiger partial charge in [-0.05, 0) is 38.8 Å². The highest BCUT2D eigenvalue weighted by Gasteiger charge is 2.21. The molecule has 3 rings (SSSR count). The van der Waals surface area contributed by atoms with E-state index in [2.05, 4.69) is 29.6 Å². The van der Waals surface area contributed by atoms with Crippen molar-refractivity contribution in [1.82, 2.24) is 29.6 Å². The lowest BCUT2D eigenvalue weighted by Gasteiger charge is -2.31. The van der Waals surface area contributed by atoms with Crippen LogP contribution >= 0.6 is 0 Å². The van der Waals surface area contributed by atoms with E-state index in [9.17, 15) is 0 Å². The van der Waals surface area contributed by atoms with Gasteiger partial charge < -0.3 is 9.30 Å². The predicted molar refractivity (Wildman–Crippen MR) is 81.3 cm³/mol. The maximum atomic E-state index is 5.70. The smallest absolute Gasteiger partial charge is 0.232 e. The van der Waals surface area contributed by atoms with Crippen LogP contribution in [0.4, 0.5) is 0 Å². The van der Waals surface area contributed by atoms with E-state index < -0.39 is 0 Å². The molecule has 0 spiro atoms. The molecule has 2 aromatic rings. The van der Waals surface area contributed by atoms with Gasteiger partial charge in [-0.25, -0.2) is 4.98 Å². The van der Waals surface area contributed by atoms with Gasteiger partial charge in [0, 0.05) is 19.4 Å². The molecule has 22 heavy (non-hydrogen) atoms. The van der Waals surface area contributed by atoms with Gasteiger partial charge in [-0.15, -0.1) is 10.2 Å². The van der Waals surface area contributed by atoms with E-state index in [1.54, 1.807) is 18.6 Å². The molecule has 7 heteroatoms. The predicted octanol–water partition coefficient (Wildman–Crippen LogP) is 1.20. The quantitative estimate of drug-likeness (QED) is 0.827. The van der Waals surface area contributed by atoms with E-state index in [1.807, 2.05) is 14.0 Å². The number of piperidine rings is 1. The van der Waals surface area contributed by atoms with Crippen LogP contribution in [0.5, 0.6) is 5.88 Å². The lowest BCUT2D eigenvalue weighted by atomic mass is 9.98. The Hall–Kier alpha value is -2.02. The summed E-state index contributed by atoms with van der Waals surface area (Å²) in [5, 5.41) is 8.35. The van der Waals surface area contributed by atoms with Crippen LogP contribution in [0.2, 0.25) is 0 Å². The average Bonchev–Trinajstić information content (AvgIpc) is 2.87. The van der Waals surface area contributed by atoms with Gasteiger partial charge in [0.25, 0.3) is 0 Å². The molecule has 1 aliphatic heterocycles. The third kappa shape index (κ3) is 3.59. The number of aromatic nitrogens is 5. The third-order valence-corrected chi connectivity index (χ3v) is 4.26. The number of hydrogen-bond acceptors (Lipinski definition) is 6. The fraction of sp³-hybridized carbons (Fsp3) is 0.600. The second kappa shape index (κ2) is 6.83. The first-order chi connectivity index (χ1) is 10.7. The van der Waals surface area contributed by atoms with Gasteiger partial charge in [0.1, 0.15) is 11.6 Å². The van der Waals surface area contributed by atoms with Crippen molar-refractivity contribution in [2.24, 2.45) is 13.0 Å². The van der Waals surface area contributed by atoms with Crippen LogP contribution in [0.3, 0.4) is 0 Å². The molecule has 3 heterocycles. The Balaban J connectivity index is 1.43. The van der Waals surface area contributed by atoms with Gasteiger partial charge in [-0.3, -0.25) is 9.88 Å². The summed E-state index contributed by atoms with van der Waals surface area (Å²) in [4.78, 5) is 10.6. The summed E-state index contributed by atoms with van der Waals surface area (Å²) in [7, 11) is 2.02. The zero-order chi connectivity index (χ0) is 15.4. The fourth-order valence-corrected chi connectivity index (χ4v) is 2.66. The molecule has 1 aliphatic rings. The van der Waals surface area contributed by atoms with Crippen LogP contribution in [-0.2, 0) is 13.6 Å². The first kappa shape index (κ1) is 14.9. The van der Waals surface area contributed by atoms with Crippen LogP contribution in [-0.4, -0.2) is 49.3 Å². The van der Waals surface area contributed by atoms with Crippen molar-refractivity contribution >= 4 is 0 Å². The van der Waals surface area contributed by atoms with Gasteiger partial charge in [0.2, 0.25) is 5.88 Å². The van der Waals surface area contributed by atoms with Crippen LogP contribution in [0, 0.1) is 12.8 Å². The normalized spacial score (nSPS) is 16.8. The molecule has 1 fully saturated rings. The Morgan fingerprint density at radius 1 is 1.23 bits per heavy atom. The molecule has 0 bridgehead atoms. The Morgan fingerprint density at radius 2 is 2.05 bits per heavy atom. The minimum atomic E-state index is 0.583. The third-order valence-electron chi connectivity index (χ3n) is 4.26. The monoisotopic (exact) mass is 302 g/mol. The van der Waals surface area contributed by atoms with E-state index in [0.717, 1.165) is 50.7 Å². The zero-order valence-corrected chi connectivity index (χ0v) is 13.1. The summed E-state index contributed by atoms with van der Waals surface area (Å²) in [6, 6.07) is 0. The van der Waals surface area contributed by atoms with Gasteiger partial charge >= 0.3 is 0 Å². The van der Waals surface area contributed by atoms with Gasteiger partial charge in [0.15, 0.2) is 0 Å². The highest BCUT2D eigenvalue weighted by molar-refractivity contribution is 5.01. The Kier molecular flexibility index (Phi) is 4.62. The number of nitrogens with zero attached hydrogens (tertiary/aromatic N) is 6. The molecule has 0 aromatic carbocycles. The van der Waals surface area contributed by atoms with E-state index in [1.165, 1.54) is 0 Å². The lowest BCUT2D eigenvalue weighted by molar-refractivity contribution is 0.131. The molecule has 0 saturated carbocycles. The van der Waals surface area contributed by atoms with E-state index >= 15 is 0 Å². The minimum absolute atomic E-state index is 0.583. The number of hydrogen-bond donors (Lipinski definition) is 0. The van der Waals surface area contributed by atoms with Crippen LogP contribution in [0.15, 0.2) is 18.6 Å². The van der Waals surface area contributed by atoms with Crippen molar-refractivity contribution in [2.45, 2.75) is 26.3 Å². The lowest BCUT2D eigenvalue weighted by Crippen LogP contribution is -2.35. The fourth-order valence-electron chi connectivity index (χ4n) is 2.66. The molecule has 0 unspecified atom stereocenters. The number of aryl methyl sites for hydroxylation is 1. The Labute approximate surface area is 130 Å². The molecule has 1 saturated heterocycles. The summed E-state index contributed by atoms with van der Waals surface area (Å²) in [6.45, 7) is 5.71. The number of rotatable bonds is 5. The molecule has 0 atom stereocenters. The molecule has 0 amide bonds. The molecule has 2 aromatic heterocycles.